The van der Waals surface area contributed by atoms with Crippen LogP contribution < -0.4 is 19.6 Å². The van der Waals surface area contributed by atoms with E-state index in [1.807, 2.05) is 65.4 Å². The number of allylic oxidation sites excluding steroid dienone is 1. The lowest BCUT2D eigenvalue weighted by Gasteiger charge is -2.25. The standard InChI is InChI=1S/C28H23BrClN3O4S/c1-4-37-27(35)24-16(2)31-28-33(25(24)17-7-12-22(36-3)21(29)14-17)26(34)23(38-28)15-20-6-5-13-32(20)19-10-8-18(30)9-11-19/h5-15,25H,4H2,1-3H3/b23-15+/t25-/m0/s1. The van der Waals surface area contributed by atoms with E-state index in [1.165, 1.54) is 11.3 Å². The van der Waals surface area contributed by atoms with E-state index in [2.05, 4.69) is 20.9 Å². The number of rotatable bonds is 6. The molecule has 194 valence electrons. The van der Waals surface area contributed by atoms with Gasteiger partial charge in [0, 0.05) is 22.6 Å². The molecule has 0 spiro atoms. The van der Waals surface area contributed by atoms with Crippen molar-refractivity contribution in [2.45, 2.75) is 19.9 Å². The first kappa shape index (κ1) is 26.2. The van der Waals surface area contributed by atoms with E-state index in [0.29, 0.717) is 35.8 Å². The van der Waals surface area contributed by atoms with E-state index in [-0.39, 0.29) is 12.2 Å². The summed E-state index contributed by atoms with van der Waals surface area (Å²) in [5.74, 6) is 0.138. The minimum atomic E-state index is -0.710. The molecule has 0 unspecified atom stereocenters. The fourth-order valence-corrected chi connectivity index (χ4v) is 6.16. The Morgan fingerprint density at radius 3 is 2.66 bits per heavy atom. The van der Waals surface area contributed by atoms with Crippen molar-refractivity contribution in [3.8, 4) is 11.4 Å². The van der Waals surface area contributed by atoms with Crippen molar-refractivity contribution in [1.29, 1.82) is 0 Å². The number of benzene rings is 2. The van der Waals surface area contributed by atoms with Gasteiger partial charge in [0.25, 0.3) is 5.56 Å². The third kappa shape index (κ3) is 4.77. The van der Waals surface area contributed by atoms with E-state index in [1.54, 1.807) is 31.6 Å². The molecule has 38 heavy (non-hydrogen) atoms. The van der Waals surface area contributed by atoms with E-state index >= 15 is 0 Å². The highest BCUT2D eigenvalue weighted by atomic mass is 79.9. The molecule has 7 nitrogen and oxygen atoms in total. The van der Waals surface area contributed by atoms with Crippen LogP contribution in [-0.2, 0) is 9.53 Å². The van der Waals surface area contributed by atoms with Crippen LogP contribution in [0.4, 0.5) is 0 Å². The fraction of sp³-hybridized carbons (Fsp3) is 0.179. The molecule has 2 aromatic heterocycles. The molecule has 0 bridgehead atoms. The summed E-state index contributed by atoms with van der Waals surface area (Å²) in [5.41, 5.74) is 3.06. The van der Waals surface area contributed by atoms with Gasteiger partial charge in [-0.1, -0.05) is 29.0 Å². The molecule has 0 amide bonds. The van der Waals surface area contributed by atoms with Crippen molar-refractivity contribution < 1.29 is 14.3 Å². The van der Waals surface area contributed by atoms with Crippen molar-refractivity contribution in [3.63, 3.8) is 0 Å². The van der Waals surface area contributed by atoms with Crippen LogP contribution in [-0.4, -0.2) is 28.8 Å². The molecule has 4 aromatic rings. The number of aromatic nitrogens is 2. The van der Waals surface area contributed by atoms with Crippen LogP contribution in [0.25, 0.3) is 11.8 Å². The highest BCUT2D eigenvalue weighted by Crippen LogP contribution is 2.35. The number of methoxy groups -OCH3 is 1. The van der Waals surface area contributed by atoms with Crippen LogP contribution in [0.3, 0.4) is 0 Å². The molecule has 0 radical (unpaired) electrons. The number of hydrogen-bond acceptors (Lipinski definition) is 6. The summed E-state index contributed by atoms with van der Waals surface area (Å²) in [6, 6.07) is 16.1. The summed E-state index contributed by atoms with van der Waals surface area (Å²) in [6.07, 6.45) is 3.76. The number of esters is 1. The van der Waals surface area contributed by atoms with E-state index in [4.69, 9.17) is 21.1 Å². The predicted molar refractivity (Wildman–Crippen MR) is 152 cm³/mol. The van der Waals surface area contributed by atoms with Crippen LogP contribution in [0.1, 0.15) is 31.1 Å². The lowest BCUT2D eigenvalue weighted by Crippen LogP contribution is -2.40. The number of hydrogen-bond donors (Lipinski definition) is 0. The second kappa shape index (κ2) is 10.8. The Hall–Kier alpha value is -3.40. The Kier molecular flexibility index (Phi) is 7.43. The quantitative estimate of drug-likeness (QED) is 0.287. The lowest BCUT2D eigenvalue weighted by molar-refractivity contribution is -0.139. The minimum Gasteiger partial charge on any atom is -0.496 e. The lowest BCUT2D eigenvalue weighted by atomic mass is 9.96. The number of nitrogens with zero attached hydrogens (tertiary/aromatic N) is 3. The molecule has 0 saturated carbocycles. The molecule has 0 saturated heterocycles. The molecule has 10 heteroatoms. The average Bonchev–Trinajstić information content (AvgIpc) is 3.48. The number of carbonyl (C=O) groups is 1. The van der Waals surface area contributed by atoms with E-state index in [0.717, 1.165) is 16.9 Å². The molecule has 0 fully saturated rings. The topological polar surface area (TPSA) is 74.8 Å². The third-order valence-corrected chi connectivity index (χ3v) is 8.03. The van der Waals surface area contributed by atoms with Crippen molar-refractivity contribution in [2.75, 3.05) is 13.7 Å². The Bertz CT molecular complexity index is 1750. The molecular weight excluding hydrogens is 590 g/mol. The smallest absolute Gasteiger partial charge is 0.338 e. The SMILES string of the molecule is CCOC(=O)C1=C(C)N=c2s/c(=C/c3cccn3-c3ccc(Cl)cc3)c(=O)n2[C@H]1c1ccc(OC)c(Br)c1. The molecular formula is C28H23BrClN3O4S. The van der Waals surface area contributed by atoms with Gasteiger partial charge in [0.1, 0.15) is 5.75 Å². The maximum absolute atomic E-state index is 13.9. The van der Waals surface area contributed by atoms with Gasteiger partial charge in [-0.2, -0.15) is 0 Å². The molecule has 3 heterocycles. The normalized spacial score (nSPS) is 15.3. The highest BCUT2D eigenvalue weighted by Gasteiger charge is 2.33. The maximum Gasteiger partial charge on any atom is 0.338 e. The molecule has 0 aliphatic carbocycles. The average molecular weight is 613 g/mol. The highest BCUT2D eigenvalue weighted by molar-refractivity contribution is 9.10. The number of ether oxygens (including phenoxy) is 2. The van der Waals surface area contributed by atoms with Gasteiger partial charge in [-0.3, -0.25) is 9.36 Å². The summed E-state index contributed by atoms with van der Waals surface area (Å²) in [5, 5.41) is 0.647. The summed E-state index contributed by atoms with van der Waals surface area (Å²) < 4.78 is 15.5. The van der Waals surface area contributed by atoms with Crippen LogP contribution >= 0.6 is 38.9 Å². The number of halogens is 2. The summed E-state index contributed by atoms with van der Waals surface area (Å²) >= 11 is 10.9. The molecule has 0 N–H and O–H groups in total. The van der Waals surface area contributed by atoms with Crippen molar-refractivity contribution in [2.24, 2.45) is 4.99 Å². The maximum atomic E-state index is 13.9. The van der Waals surface area contributed by atoms with Gasteiger partial charge < -0.3 is 14.0 Å². The van der Waals surface area contributed by atoms with E-state index < -0.39 is 12.0 Å². The van der Waals surface area contributed by atoms with Crippen LogP contribution in [0.15, 0.2) is 86.3 Å². The Morgan fingerprint density at radius 2 is 1.97 bits per heavy atom. The van der Waals surface area contributed by atoms with Gasteiger partial charge in [0.15, 0.2) is 4.80 Å². The second-order valence-corrected chi connectivity index (χ2v) is 10.8. The predicted octanol–water partition coefficient (Wildman–Crippen LogP) is 5.01. The van der Waals surface area contributed by atoms with Gasteiger partial charge in [0.05, 0.1) is 40.0 Å². The fourth-order valence-electron chi connectivity index (χ4n) is 4.44. The Morgan fingerprint density at radius 1 is 1.21 bits per heavy atom. The number of thiazole rings is 1. The molecule has 5 rings (SSSR count). The summed E-state index contributed by atoms with van der Waals surface area (Å²) in [7, 11) is 1.58. The first-order chi connectivity index (χ1) is 18.3. The molecule has 2 aromatic carbocycles. The molecule has 1 atom stereocenters. The van der Waals surface area contributed by atoms with Crippen LogP contribution in [0.2, 0.25) is 5.02 Å². The second-order valence-electron chi connectivity index (χ2n) is 8.48. The Balaban J connectivity index is 1.70. The largest absolute Gasteiger partial charge is 0.496 e. The van der Waals surface area contributed by atoms with Gasteiger partial charge in [-0.15, -0.1) is 0 Å². The minimum absolute atomic E-state index is 0.209. The number of fused-ring (bicyclic) bond motifs is 1. The van der Waals surface area contributed by atoms with E-state index in [9.17, 15) is 9.59 Å². The molecule has 1 aliphatic heterocycles. The zero-order chi connectivity index (χ0) is 27.0. The Labute approximate surface area is 236 Å². The first-order valence-electron chi connectivity index (χ1n) is 11.8. The zero-order valence-corrected chi connectivity index (χ0v) is 23.9. The summed E-state index contributed by atoms with van der Waals surface area (Å²) in [4.78, 5) is 32.2. The van der Waals surface area contributed by atoms with Crippen molar-refractivity contribution in [3.05, 3.63) is 113 Å². The van der Waals surface area contributed by atoms with Gasteiger partial charge in [0.2, 0.25) is 0 Å². The van der Waals surface area contributed by atoms with Crippen molar-refractivity contribution in [1.82, 2.24) is 9.13 Å². The van der Waals surface area contributed by atoms with Gasteiger partial charge in [-0.25, -0.2) is 9.79 Å². The summed E-state index contributed by atoms with van der Waals surface area (Å²) in [6.45, 7) is 3.72. The van der Waals surface area contributed by atoms with Gasteiger partial charge in [-0.05, 0) is 89.9 Å². The van der Waals surface area contributed by atoms with Crippen LogP contribution in [0.5, 0.6) is 5.75 Å². The van der Waals surface area contributed by atoms with Crippen molar-refractivity contribution >= 4 is 50.9 Å². The zero-order valence-electron chi connectivity index (χ0n) is 20.8. The monoisotopic (exact) mass is 611 g/mol. The molecule has 1 aliphatic rings. The van der Waals surface area contributed by atoms with Crippen LogP contribution in [0, 0.1) is 0 Å². The first-order valence-corrected chi connectivity index (χ1v) is 13.8. The third-order valence-electron chi connectivity index (χ3n) is 6.17. The number of carbonyl (C=O) groups excluding carboxylic acids is 1. The van der Waals surface area contributed by atoms with Gasteiger partial charge >= 0.3 is 5.97 Å².